The van der Waals surface area contributed by atoms with Gasteiger partial charge < -0.3 is 15.5 Å². The minimum atomic E-state index is -4.34. The van der Waals surface area contributed by atoms with Crippen LogP contribution < -0.4 is 10.6 Å². The molecular formula is C18H21F3N4O. The Morgan fingerprint density at radius 3 is 2.69 bits per heavy atom. The van der Waals surface area contributed by atoms with Gasteiger partial charge in [-0.25, -0.2) is 4.98 Å². The number of anilines is 1. The predicted molar refractivity (Wildman–Crippen MR) is 94.8 cm³/mol. The number of amides is 1. The fourth-order valence-corrected chi connectivity index (χ4v) is 2.72. The average molecular weight is 366 g/mol. The highest BCUT2D eigenvalue weighted by molar-refractivity contribution is 5.88. The van der Waals surface area contributed by atoms with E-state index in [9.17, 15) is 18.0 Å². The third-order valence-corrected chi connectivity index (χ3v) is 3.92. The first-order valence-corrected chi connectivity index (χ1v) is 8.04. The van der Waals surface area contributed by atoms with Gasteiger partial charge in [0.05, 0.1) is 0 Å². The summed E-state index contributed by atoms with van der Waals surface area (Å²) < 4.78 is 39.7. The lowest BCUT2D eigenvalue weighted by atomic mass is 10.0. The van der Waals surface area contributed by atoms with E-state index in [-0.39, 0.29) is 12.3 Å². The summed E-state index contributed by atoms with van der Waals surface area (Å²) in [6.45, 7) is 6.68. The van der Waals surface area contributed by atoms with Gasteiger partial charge in [-0.15, -0.1) is 0 Å². The first-order chi connectivity index (χ1) is 12.1. The van der Waals surface area contributed by atoms with E-state index in [0.29, 0.717) is 28.5 Å². The molecule has 0 fully saturated rings. The zero-order chi connectivity index (χ0) is 19.5. The number of nitrogens with one attached hydrogen (secondary N) is 2. The second-order valence-corrected chi connectivity index (χ2v) is 5.97. The maximum atomic E-state index is 13.2. The van der Waals surface area contributed by atoms with E-state index in [1.54, 1.807) is 24.3 Å². The molecule has 0 saturated heterocycles. The van der Waals surface area contributed by atoms with Gasteiger partial charge in [-0.3, -0.25) is 4.79 Å². The van der Waals surface area contributed by atoms with Crippen LogP contribution in [-0.4, -0.2) is 35.1 Å². The first kappa shape index (κ1) is 19.6. The molecule has 1 aliphatic heterocycles. The van der Waals surface area contributed by atoms with Crippen LogP contribution in [0.3, 0.4) is 0 Å². The largest absolute Gasteiger partial charge is 0.408 e. The number of rotatable bonds is 5. The third kappa shape index (κ3) is 4.65. The standard InChI is InChI=1S/C18H21F3N4O/c1-5-15(18(19,20)21)25(4)17-10-14(8-11(2)23-17)13-6-7-22-16(9-13)24-12(3)26/h6-10,15,23H,2,5H2,1,3-4H3,(H,22,24,26). The van der Waals surface area contributed by atoms with E-state index in [2.05, 4.69) is 22.2 Å². The van der Waals surface area contributed by atoms with Crippen molar-refractivity contribution < 1.29 is 18.0 Å². The SMILES string of the molecule is C=C1C=C(c2ccnc(NC(C)=O)c2)C=C(N(C)C(CC)C(F)(F)F)N1. The molecule has 1 aromatic rings. The first-order valence-electron chi connectivity index (χ1n) is 8.04. The average Bonchev–Trinajstić information content (AvgIpc) is 2.53. The summed E-state index contributed by atoms with van der Waals surface area (Å²) in [5, 5.41) is 5.46. The molecule has 26 heavy (non-hydrogen) atoms. The van der Waals surface area contributed by atoms with Crippen molar-refractivity contribution in [2.75, 3.05) is 12.4 Å². The number of nitrogens with zero attached hydrogens (tertiary/aromatic N) is 2. The third-order valence-electron chi connectivity index (χ3n) is 3.92. The summed E-state index contributed by atoms with van der Waals surface area (Å²) >= 11 is 0. The number of pyridine rings is 1. The number of hydrogen-bond donors (Lipinski definition) is 2. The summed E-state index contributed by atoms with van der Waals surface area (Å²) in [5.41, 5.74) is 1.85. The Morgan fingerprint density at radius 1 is 1.42 bits per heavy atom. The second kappa shape index (κ2) is 7.63. The molecule has 1 atom stereocenters. The fourth-order valence-electron chi connectivity index (χ4n) is 2.72. The van der Waals surface area contributed by atoms with Gasteiger partial charge in [0.15, 0.2) is 0 Å². The monoisotopic (exact) mass is 366 g/mol. The molecule has 1 aromatic heterocycles. The highest BCUT2D eigenvalue weighted by Gasteiger charge is 2.42. The number of hydrogen-bond acceptors (Lipinski definition) is 4. The van der Waals surface area contributed by atoms with Gasteiger partial charge in [-0.1, -0.05) is 13.5 Å². The smallest absolute Gasteiger partial charge is 0.349 e. The van der Waals surface area contributed by atoms with E-state index < -0.39 is 12.2 Å². The lowest BCUT2D eigenvalue weighted by Gasteiger charge is -2.34. The fraction of sp³-hybridized carbons (Fsp3) is 0.333. The highest BCUT2D eigenvalue weighted by atomic mass is 19.4. The van der Waals surface area contributed by atoms with Crippen molar-refractivity contribution in [3.63, 3.8) is 0 Å². The molecule has 0 aromatic carbocycles. The Balaban J connectivity index is 2.36. The van der Waals surface area contributed by atoms with Gasteiger partial charge in [0.25, 0.3) is 0 Å². The van der Waals surface area contributed by atoms with Crippen molar-refractivity contribution in [1.29, 1.82) is 0 Å². The van der Waals surface area contributed by atoms with Gasteiger partial charge in [-0.05, 0) is 41.8 Å². The van der Waals surface area contributed by atoms with Crippen molar-refractivity contribution in [3.05, 3.63) is 54.1 Å². The summed E-state index contributed by atoms with van der Waals surface area (Å²) in [6.07, 6.45) is 0.444. The molecule has 1 amide bonds. The van der Waals surface area contributed by atoms with Gasteiger partial charge >= 0.3 is 6.18 Å². The maximum Gasteiger partial charge on any atom is 0.408 e. The van der Waals surface area contributed by atoms with E-state index in [1.165, 1.54) is 27.1 Å². The normalized spacial score (nSPS) is 15.5. The minimum Gasteiger partial charge on any atom is -0.349 e. The predicted octanol–water partition coefficient (Wildman–Crippen LogP) is 3.65. The number of alkyl halides is 3. The van der Waals surface area contributed by atoms with Crippen molar-refractivity contribution in [2.24, 2.45) is 0 Å². The quantitative estimate of drug-likeness (QED) is 0.835. The summed E-state index contributed by atoms with van der Waals surface area (Å²) in [6, 6.07) is 1.76. The van der Waals surface area contributed by atoms with E-state index in [1.807, 2.05) is 0 Å². The van der Waals surface area contributed by atoms with Crippen LogP contribution in [0.5, 0.6) is 0 Å². The molecule has 1 aliphatic rings. The minimum absolute atomic E-state index is 0.0769. The van der Waals surface area contributed by atoms with Crippen molar-refractivity contribution in [1.82, 2.24) is 15.2 Å². The van der Waals surface area contributed by atoms with Crippen molar-refractivity contribution in [3.8, 4) is 0 Å². The molecule has 140 valence electrons. The Hall–Kier alpha value is -2.77. The zero-order valence-corrected chi connectivity index (χ0v) is 14.8. The molecule has 0 spiro atoms. The Morgan fingerprint density at radius 2 is 2.12 bits per heavy atom. The second-order valence-electron chi connectivity index (χ2n) is 5.97. The number of halogens is 3. The highest BCUT2D eigenvalue weighted by Crippen LogP contribution is 2.31. The molecule has 0 saturated carbocycles. The van der Waals surface area contributed by atoms with E-state index in [0.717, 1.165) is 4.90 Å². The number of carbonyl (C=O) groups excluding carboxylic acids is 1. The number of aromatic nitrogens is 1. The van der Waals surface area contributed by atoms with Gasteiger partial charge in [0.2, 0.25) is 5.91 Å². The number of allylic oxidation sites excluding steroid dienone is 3. The van der Waals surface area contributed by atoms with E-state index in [4.69, 9.17) is 0 Å². The van der Waals surface area contributed by atoms with Crippen LogP contribution in [0.4, 0.5) is 19.0 Å². The molecule has 0 radical (unpaired) electrons. The lowest BCUT2D eigenvalue weighted by Crippen LogP contribution is -2.45. The van der Waals surface area contributed by atoms with Crippen molar-refractivity contribution >= 4 is 17.3 Å². The van der Waals surface area contributed by atoms with Gasteiger partial charge in [0, 0.05) is 25.9 Å². The van der Waals surface area contributed by atoms with Crippen molar-refractivity contribution in [2.45, 2.75) is 32.5 Å². The molecule has 2 rings (SSSR count). The number of dihydropyridines is 1. The molecule has 2 N–H and O–H groups in total. The summed E-state index contributed by atoms with van der Waals surface area (Å²) in [4.78, 5) is 16.4. The van der Waals surface area contributed by atoms with Crippen LogP contribution in [0.25, 0.3) is 5.57 Å². The molecule has 5 nitrogen and oxygen atoms in total. The topological polar surface area (TPSA) is 57.3 Å². The van der Waals surface area contributed by atoms with Crippen LogP contribution in [-0.2, 0) is 4.79 Å². The molecule has 8 heteroatoms. The lowest BCUT2D eigenvalue weighted by molar-refractivity contribution is -0.176. The zero-order valence-electron chi connectivity index (χ0n) is 14.8. The van der Waals surface area contributed by atoms with Gasteiger partial charge in [-0.2, -0.15) is 13.2 Å². The van der Waals surface area contributed by atoms with Crippen LogP contribution in [0.1, 0.15) is 25.8 Å². The maximum absolute atomic E-state index is 13.2. The summed E-state index contributed by atoms with van der Waals surface area (Å²) in [5.74, 6) is 0.407. The molecular weight excluding hydrogens is 345 g/mol. The van der Waals surface area contributed by atoms with E-state index >= 15 is 0 Å². The Bertz CT molecular complexity index is 768. The molecule has 1 unspecified atom stereocenters. The summed E-state index contributed by atoms with van der Waals surface area (Å²) in [7, 11) is 1.39. The molecule has 0 bridgehead atoms. The number of carbonyl (C=O) groups is 1. The Labute approximate surface area is 150 Å². The molecule has 0 aliphatic carbocycles. The van der Waals surface area contributed by atoms with Crippen LogP contribution >= 0.6 is 0 Å². The van der Waals surface area contributed by atoms with Crippen LogP contribution in [0, 0.1) is 0 Å². The van der Waals surface area contributed by atoms with Gasteiger partial charge in [0.1, 0.15) is 17.7 Å². The van der Waals surface area contributed by atoms with Crippen LogP contribution in [0.15, 0.2) is 48.6 Å². The van der Waals surface area contributed by atoms with Crippen LogP contribution in [0.2, 0.25) is 0 Å². The Kier molecular flexibility index (Phi) is 5.74. The molecule has 2 heterocycles.